The minimum absolute atomic E-state index is 0.0110. The summed E-state index contributed by atoms with van der Waals surface area (Å²) in [5, 5.41) is 30.5. The van der Waals surface area contributed by atoms with E-state index in [0.717, 1.165) is 48.2 Å². The maximum absolute atomic E-state index is 12.0. The van der Waals surface area contributed by atoms with E-state index in [1.165, 1.54) is 36.0 Å². The highest BCUT2D eigenvalue weighted by atomic mass is 35.5. The summed E-state index contributed by atoms with van der Waals surface area (Å²) in [6, 6.07) is 14.0. The van der Waals surface area contributed by atoms with Crippen molar-refractivity contribution in [2.24, 2.45) is 5.92 Å². The molecule has 40 heavy (non-hydrogen) atoms. The number of aliphatic carboxylic acids is 1. The molecule has 1 aromatic heterocycles. The average molecular weight is 590 g/mol. The Labute approximate surface area is 245 Å². The predicted molar refractivity (Wildman–Crippen MR) is 158 cm³/mol. The molecule has 216 valence electrons. The standard InChI is InChI=1S/C31H38Cl2N2O5/c1-2-23-16-22(8-11-28(23)40-15-14-35-29(36)12-13-30(35)37)20-34(19-21-6-4-3-5-7-21)27(18-31(38)39)24-9-10-25(32)26(33)17-24/h8-13,16-17,21,27,36-37H,2-7,14-15,18-20H2,1H3,(H,38,39). The van der Waals surface area contributed by atoms with Crippen LogP contribution in [0.5, 0.6) is 17.5 Å². The molecule has 1 unspecified atom stereocenters. The van der Waals surface area contributed by atoms with Crippen LogP contribution in [0.4, 0.5) is 0 Å². The lowest BCUT2D eigenvalue weighted by Crippen LogP contribution is -2.35. The summed E-state index contributed by atoms with van der Waals surface area (Å²) < 4.78 is 7.41. The molecule has 1 aliphatic rings. The number of nitrogens with zero attached hydrogens (tertiary/aromatic N) is 2. The lowest BCUT2D eigenvalue weighted by Gasteiger charge is -2.36. The maximum Gasteiger partial charge on any atom is 0.305 e. The fourth-order valence-electron chi connectivity index (χ4n) is 5.65. The third-order valence-corrected chi connectivity index (χ3v) is 8.49. The highest BCUT2D eigenvalue weighted by Crippen LogP contribution is 2.35. The van der Waals surface area contributed by atoms with Gasteiger partial charge in [0.15, 0.2) is 11.8 Å². The molecule has 4 rings (SSSR count). The predicted octanol–water partition coefficient (Wildman–Crippen LogP) is 7.45. The summed E-state index contributed by atoms with van der Waals surface area (Å²) >= 11 is 12.5. The molecule has 7 nitrogen and oxygen atoms in total. The van der Waals surface area contributed by atoms with Gasteiger partial charge in [-0.15, -0.1) is 0 Å². The van der Waals surface area contributed by atoms with Crippen LogP contribution < -0.4 is 4.74 Å². The van der Waals surface area contributed by atoms with E-state index in [4.69, 9.17) is 27.9 Å². The molecule has 1 saturated carbocycles. The van der Waals surface area contributed by atoms with E-state index >= 15 is 0 Å². The molecular weight excluding hydrogens is 551 g/mol. The van der Waals surface area contributed by atoms with Gasteiger partial charge in [0, 0.05) is 31.3 Å². The first kappa shape index (κ1) is 30.1. The van der Waals surface area contributed by atoms with Crippen LogP contribution in [0.2, 0.25) is 10.0 Å². The van der Waals surface area contributed by atoms with Gasteiger partial charge in [0.25, 0.3) is 0 Å². The van der Waals surface area contributed by atoms with E-state index in [1.807, 2.05) is 18.2 Å². The van der Waals surface area contributed by atoms with E-state index < -0.39 is 5.97 Å². The number of hydrogen-bond donors (Lipinski definition) is 3. The van der Waals surface area contributed by atoms with Crippen LogP contribution in [-0.4, -0.2) is 43.9 Å². The van der Waals surface area contributed by atoms with Crippen molar-refractivity contribution in [2.45, 2.75) is 71.0 Å². The van der Waals surface area contributed by atoms with Gasteiger partial charge < -0.3 is 20.1 Å². The van der Waals surface area contributed by atoms with Crippen molar-refractivity contribution in [3.8, 4) is 17.5 Å². The molecular formula is C31H38Cl2N2O5. The fourth-order valence-corrected chi connectivity index (χ4v) is 5.96. The molecule has 1 heterocycles. The fraction of sp³-hybridized carbons (Fsp3) is 0.452. The molecule has 1 aliphatic carbocycles. The second kappa shape index (κ2) is 14.2. The maximum atomic E-state index is 12.0. The van der Waals surface area contributed by atoms with Gasteiger partial charge in [-0.1, -0.05) is 67.6 Å². The smallest absolute Gasteiger partial charge is 0.305 e. The summed E-state index contributed by atoms with van der Waals surface area (Å²) in [6.45, 7) is 4.06. The van der Waals surface area contributed by atoms with Crippen LogP contribution in [-0.2, 0) is 24.3 Å². The molecule has 3 N–H and O–H groups in total. The van der Waals surface area contributed by atoms with Crippen molar-refractivity contribution in [2.75, 3.05) is 13.2 Å². The van der Waals surface area contributed by atoms with Gasteiger partial charge in [-0.3, -0.25) is 14.3 Å². The summed E-state index contributed by atoms with van der Waals surface area (Å²) in [4.78, 5) is 14.3. The minimum atomic E-state index is -0.859. The van der Waals surface area contributed by atoms with Gasteiger partial charge in [-0.05, 0) is 60.1 Å². The minimum Gasteiger partial charge on any atom is -0.494 e. The molecule has 1 atom stereocenters. The van der Waals surface area contributed by atoms with Crippen molar-refractivity contribution in [1.29, 1.82) is 0 Å². The molecule has 0 bridgehead atoms. The lowest BCUT2D eigenvalue weighted by molar-refractivity contribution is -0.138. The van der Waals surface area contributed by atoms with Gasteiger partial charge in [-0.25, -0.2) is 0 Å². The van der Waals surface area contributed by atoms with Crippen molar-refractivity contribution in [1.82, 2.24) is 9.47 Å². The summed E-state index contributed by atoms with van der Waals surface area (Å²) in [7, 11) is 0. The summed E-state index contributed by atoms with van der Waals surface area (Å²) in [6.07, 6.45) is 6.70. The normalized spacial score (nSPS) is 14.9. The molecule has 0 amide bonds. The van der Waals surface area contributed by atoms with Crippen LogP contribution in [0.25, 0.3) is 0 Å². The molecule has 0 aliphatic heterocycles. The highest BCUT2D eigenvalue weighted by molar-refractivity contribution is 6.42. The van der Waals surface area contributed by atoms with Gasteiger partial charge in [0.2, 0.25) is 0 Å². The van der Waals surface area contributed by atoms with Crippen LogP contribution in [0.3, 0.4) is 0 Å². The monoisotopic (exact) mass is 588 g/mol. The van der Waals surface area contributed by atoms with Gasteiger partial charge in [0.1, 0.15) is 12.4 Å². The van der Waals surface area contributed by atoms with E-state index in [-0.39, 0.29) is 30.8 Å². The quantitative estimate of drug-likeness (QED) is 0.192. The van der Waals surface area contributed by atoms with Crippen LogP contribution >= 0.6 is 23.2 Å². The van der Waals surface area contributed by atoms with Crippen molar-refractivity contribution in [3.05, 3.63) is 75.3 Å². The Hall–Kier alpha value is -2.87. The number of carboxylic acid groups (broad SMARTS) is 1. The second-order valence-corrected chi connectivity index (χ2v) is 11.4. The lowest BCUT2D eigenvalue weighted by atomic mass is 9.88. The number of halogens is 2. The first-order valence-electron chi connectivity index (χ1n) is 14.0. The first-order chi connectivity index (χ1) is 19.2. The summed E-state index contributed by atoms with van der Waals surface area (Å²) in [5.74, 6) is 0.388. The number of hydrogen-bond acceptors (Lipinski definition) is 5. The Morgan fingerprint density at radius 2 is 1.75 bits per heavy atom. The van der Waals surface area contributed by atoms with Gasteiger partial charge >= 0.3 is 5.97 Å². The van der Waals surface area contributed by atoms with Gasteiger partial charge in [0.05, 0.1) is 23.0 Å². The van der Waals surface area contributed by atoms with Crippen LogP contribution in [0.15, 0.2) is 48.5 Å². The van der Waals surface area contributed by atoms with Gasteiger partial charge in [-0.2, -0.15) is 0 Å². The number of ether oxygens (including phenoxy) is 1. The van der Waals surface area contributed by atoms with E-state index in [0.29, 0.717) is 29.1 Å². The SMILES string of the molecule is CCc1cc(CN(CC2CCCCC2)C(CC(=O)O)c2ccc(Cl)c(Cl)c2)ccc1OCCn1c(O)ccc1O. The number of aryl methyl sites for hydroxylation is 1. The third kappa shape index (κ3) is 7.87. The Morgan fingerprint density at radius 3 is 2.40 bits per heavy atom. The van der Waals surface area contributed by atoms with Crippen molar-refractivity contribution in [3.63, 3.8) is 0 Å². The average Bonchev–Trinajstić information content (AvgIpc) is 3.26. The number of carbonyl (C=O) groups is 1. The number of carboxylic acids is 1. The Kier molecular flexibility index (Phi) is 10.6. The summed E-state index contributed by atoms with van der Waals surface area (Å²) in [5.41, 5.74) is 2.97. The zero-order valence-corrected chi connectivity index (χ0v) is 24.4. The first-order valence-corrected chi connectivity index (χ1v) is 14.7. The second-order valence-electron chi connectivity index (χ2n) is 10.6. The van der Waals surface area contributed by atoms with Crippen molar-refractivity contribution >= 4 is 29.2 Å². The number of aromatic nitrogens is 1. The zero-order valence-electron chi connectivity index (χ0n) is 22.9. The van der Waals surface area contributed by atoms with Crippen LogP contribution in [0.1, 0.15) is 68.2 Å². The largest absolute Gasteiger partial charge is 0.494 e. The van der Waals surface area contributed by atoms with Crippen molar-refractivity contribution < 1.29 is 24.9 Å². The number of benzene rings is 2. The Balaban J connectivity index is 1.56. The highest BCUT2D eigenvalue weighted by Gasteiger charge is 2.27. The van der Waals surface area contributed by atoms with E-state index in [9.17, 15) is 20.1 Å². The van der Waals surface area contributed by atoms with E-state index in [1.54, 1.807) is 12.1 Å². The molecule has 0 saturated heterocycles. The molecule has 1 fully saturated rings. The van der Waals surface area contributed by atoms with Crippen LogP contribution in [0, 0.1) is 5.92 Å². The number of aromatic hydroxyl groups is 2. The Bertz CT molecular complexity index is 1270. The molecule has 2 aromatic carbocycles. The molecule has 0 radical (unpaired) electrons. The zero-order chi connectivity index (χ0) is 28.6. The van der Waals surface area contributed by atoms with E-state index in [2.05, 4.69) is 17.9 Å². The Morgan fingerprint density at radius 1 is 1.02 bits per heavy atom. The molecule has 9 heteroatoms. The molecule has 0 spiro atoms. The molecule has 3 aromatic rings. The number of rotatable bonds is 13. The third-order valence-electron chi connectivity index (χ3n) is 7.75. The topological polar surface area (TPSA) is 95.2 Å².